The molecule has 124 valence electrons. The maximum atomic E-state index is 11.3. The molecule has 0 spiro atoms. The van der Waals surface area contributed by atoms with Crippen LogP contribution in [0.2, 0.25) is 0 Å². The lowest BCUT2D eigenvalue weighted by atomic mass is 9.82. The van der Waals surface area contributed by atoms with E-state index in [1.807, 2.05) is 12.1 Å². The summed E-state index contributed by atoms with van der Waals surface area (Å²) in [6, 6.07) is 10.5. The zero-order valence-corrected chi connectivity index (χ0v) is 14.2. The molecule has 24 heavy (non-hydrogen) atoms. The highest BCUT2D eigenvalue weighted by Crippen LogP contribution is 2.40. The first kappa shape index (κ1) is 15.3. The van der Waals surface area contributed by atoms with Crippen LogP contribution in [0.25, 0.3) is 11.1 Å². The molecule has 0 saturated carbocycles. The van der Waals surface area contributed by atoms with Gasteiger partial charge in [-0.05, 0) is 91.5 Å². The van der Waals surface area contributed by atoms with Gasteiger partial charge in [-0.2, -0.15) is 0 Å². The zero-order chi connectivity index (χ0) is 16.9. The maximum Gasteiger partial charge on any atom is 0.347 e. The van der Waals surface area contributed by atoms with Gasteiger partial charge in [0.15, 0.2) is 5.60 Å². The molecule has 0 saturated heterocycles. The van der Waals surface area contributed by atoms with E-state index in [-0.39, 0.29) is 0 Å². The van der Waals surface area contributed by atoms with Crippen LogP contribution in [0.1, 0.15) is 42.5 Å². The number of carboxylic acid groups (broad SMARTS) is 1. The van der Waals surface area contributed by atoms with Crippen molar-refractivity contribution in [3.05, 3.63) is 52.6 Å². The van der Waals surface area contributed by atoms with Crippen molar-refractivity contribution in [2.45, 2.75) is 51.6 Å². The van der Waals surface area contributed by atoms with Gasteiger partial charge in [-0.3, -0.25) is 0 Å². The minimum Gasteiger partial charge on any atom is -0.478 e. The van der Waals surface area contributed by atoms with Gasteiger partial charge in [0.2, 0.25) is 0 Å². The number of aryl methyl sites for hydroxylation is 2. The summed E-state index contributed by atoms with van der Waals surface area (Å²) in [7, 11) is 0. The summed E-state index contributed by atoms with van der Waals surface area (Å²) >= 11 is 0. The summed E-state index contributed by atoms with van der Waals surface area (Å²) in [4.78, 5) is 11.3. The summed E-state index contributed by atoms with van der Waals surface area (Å²) in [5.41, 5.74) is 7.27. The molecule has 1 N–H and O–H groups in total. The molecule has 2 aromatic rings. The second-order valence-corrected chi connectivity index (χ2v) is 7.32. The van der Waals surface area contributed by atoms with E-state index in [0.717, 1.165) is 12.8 Å². The Morgan fingerprint density at radius 3 is 2.54 bits per heavy atom. The van der Waals surface area contributed by atoms with E-state index in [1.165, 1.54) is 47.1 Å². The number of ether oxygens (including phenoxy) is 1. The van der Waals surface area contributed by atoms with Crippen molar-refractivity contribution >= 4 is 5.97 Å². The van der Waals surface area contributed by atoms with Crippen molar-refractivity contribution in [1.29, 1.82) is 0 Å². The van der Waals surface area contributed by atoms with Gasteiger partial charge in [0.25, 0.3) is 0 Å². The summed E-state index contributed by atoms with van der Waals surface area (Å²) in [6.07, 6.45) is 5.75. The lowest BCUT2D eigenvalue weighted by Crippen LogP contribution is -2.37. The van der Waals surface area contributed by atoms with Crippen molar-refractivity contribution in [3.8, 4) is 16.9 Å². The van der Waals surface area contributed by atoms with Crippen LogP contribution in [0.3, 0.4) is 0 Å². The molecule has 0 heterocycles. The number of carboxylic acids is 1. The van der Waals surface area contributed by atoms with Crippen LogP contribution < -0.4 is 4.74 Å². The van der Waals surface area contributed by atoms with E-state index in [0.29, 0.717) is 5.75 Å². The molecule has 0 aliphatic heterocycles. The Kier molecular flexibility index (Phi) is 3.41. The molecule has 2 aliphatic rings. The number of benzene rings is 2. The van der Waals surface area contributed by atoms with E-state index in [2.05, 4.69) is 18.2 Å². The summed E-state index contributed by atoms with van der Waals surface area (Å²) in [5.74, 6) is -0.327. The van der Waals surface area contributed by atoms with Crippen molar-refractivity contribution in [1.82, 2.24) is 0 Å². The van der Waals surface area contributed by atoms with Gasteiger partial charge in [-0.15, -0.1) is 0 Å². The van der Waals surface area contributed by atoms with Crippen LogP contribution in [-0.4, -0.2) is 16.7 Å². The molecule has 2 aromatic carbocycles. The SMILES string of the molecule is CC(C)(Oc1ccc2c(c1)CCc1c-2ccc2c1CCC2)C(=O)O. The number of hydrogen-bond donors (Lipinski definition) is 1. The molecular formula is C21H22O3. The molecule has 0 atom stereocenters. The summed E-state index contributed by atoms with van der Waals surface area (Å²) in [5, 5.41) is 9.24. The highest BCUT2D eigenvalue weighted by atomic mass is 16.5. The van der Waals surface area contributed by atoms with Gasteiger partial charge >= 0.3 is 5.97 Å². The Bertz CT molecular complexity index is 833. The smallest absolute Gasteiger partial charge is 0.347 e. The van der Waals surface area contributed by atoms with Crippen molar-refractivity contribution in [2.24, 2.45) is 0 Å². The van der Waals surface area contributed by atoms with E-state index in [9.17, 15) is 9.90 Å². The monoisotopic (exact) mass is 322 g/mol. The van der Waals surface area contributed by atoms with E-state index >= 15 is 0 Å². The fraction of sp³-hybridized carbons (Fsp3) is 0.381. The van der Waals surface area contributed by atoms with Gasteiger partial charge in [0, 0.05) is 0 Å². The third-order valence-corrected chi connectivity index (χ3v) is 5.30. The summed E-state index contributed by atoms with van der Waals surface area (Å²) in [6.45, 7) is 3.15. The predicted molar refractivity (Wildman–Crippen MR) is 93.7 cm³/mol. The summed E-state index contributed by atoms with van der Waals surface area (Å²) < 4.78 is 5.69. The van der Waals surface area contributed by atoms with Crippen LogP contribution in [0, 0.1) is 0 Å². The maximum absolute atomic E-state index is 11.3. The molecule has 0 aromatic heterocycles. The first-order valence-electron chi connectivity index (χ1n) is 8.65. The fourth-order valence-corrected chi connectivity index (χ4v) is 3.98. The Labute approximate surface area is 142 Å². The third kappa shape index (κ3) is 2.39. The minimum absolute atomic E-state index is 0.630. The molecule has 3 heteroatoms. The number of carbonyl (C=O) groups is 1. The second-order valence-electron chi connectivity index (χ2n) is 7.32. The molecule has 3 nitrogen and oxygen atoms in total. The van der Waals surface area contributed by atoms with Crippen LogP contribution in [0.4, 0.5) is 0 Å². The van der Waals surface area contributed by atoms with Gasteiger partial charge in [0.05, 0.1) is 0 Å². The standard InChI is InChI=1S/C21H22O3/c1-21(2,20(22)23)24-15-8-11-17-14(12-15)7-10-18-16-5-3-4-13(16)6-9-19(17)18/h6,8-9,11-12H,3-5,7,10H2,1-2H3,(H,22,23). The largest absolute Gasteiger partial charge is 0.478 e. The molecule has 0 amide bonds. The molecule has 2 aliphatic carbocycles. The number of rotatable bonds is 3. The Hall–Kier alpha value is -2.29. The van der Waals surface area contributed by atoms with Gasteiger partial charge in [-0.1, -0.05) is 18.2 Å². The molecule has 0 unspecified atom stereocenters. The molecule has 0 fully saturated rings. The number of hydrogen-bond acceptors (Lipinski definition) is 2. The Morgan fingerprint density at radius 2 is 1.75 bits per heavy atom. The van der Waals surface area contributed by atoms with Crippen LogP contribution in [-0.2, 0) is 30.5 Å². The second kappa shape index (κ2) is 5.37. The van der Waals surface area contributed by atoms with E-state index in [1.54, 1.807) is 19.4 Å². The first-order chi connectivity index (χ1) is 11.5. The Morgan fingerprint density at radius 1 is 0.958 bits per heavy atom. The predicted octanol–water partition coefficient (Wildman–Crippen LogP) is 4.18. The van der Waals surface area contributed by atoms with Crippen molar-refractivity contribution < 1.29 is 14.6 Å². The molecule has 0 bridgehead atoms. The zero-order valence-electron chi connectivity index (χ0n) is 14.2. The lowest BCUT2D eigenvalue weighted by Gasteiger charge is -2.25. The average Bonchev–Trinajstić information content (AvgIpc) is 3.02. The normalized spacial score (nSPS) is 15.4. The Balaban J connectivity index is 1.72. The van der Waals surface area contributed by atoms with E-state index in [4.69, 9.17) is 4.74 Å². The minimum atomic E-state index is -1.22. The molecule has 0 radical (unpaired) electrons. The molecular weight excluding hydrogens is 300 g/mol. The fourth-order valence-electron chi connectivity index (χ4n) is 3.98. The number of fused-ring (bicyclic) bond motifs is 5. The average molecular weight is 322 g/mol. The van der Waals surface area contributed by atoms with Crippen LogP contribution in [0.15, 0.2) is 30.3 Å². The van der Waals surface area contributed by atoms with Crippen molar-refractivity contribution in [2.75, 3.05) is 0 Å². The lowest BCUT2D eigenvalue weighted by molar-refractivity contribution is -0.152. The molecule has 4 rings (SSSR count). The van der Waals surface area contributed by atoms with Crippen LogP contribution >= 0.6 is 0 Å². The van der Waals surface area contributed by atoms with Crippen molar-refractivity contribution in [3.63, 3.8) is 0 Å². The van der Waals surface area contributed by atoms with Gasteiger partial charge in [0.1, 0.15) is 5.75 Å². The number of aliphatic carboxylic acids is 1. The highest BCUT2D eigenvalue weighted by molar-refractivity contribution is 5.78. The third-order valence-electron chi connectivity index (χ3n) is 5.30. The first-order valence-corrected chi connectivity index (χ1v) is 8.65. The van der Waals surface area contributed by atoms with Gasteiger partial charge in [-0.25, -0.2) is 4.79 Å². The van der Waals surface area contributed by atoms with Gasteiger partial charge < -0.3 is 9.84 Å². The topological polar surface area (TPSA) is 46.5 Å². The highest BCUT2D eigenvalue weighted by Gasteiger charge is 2.30. The van der Waals surface area contributed by atoms with Crippen LogP contribution in [0.5, 0.6) is 5.75 Å². The quantitative estimate of drug-likeness (QED) is 0.922. The van der Waals surface area contributed by atoms with E-state index < -0.39 is 11.6 Å².